The molecule has 0 radical (unpaired) electrons. The Bertz CT molecular complexity index is 516. The fourth-order valence-electron chi connectivity index (χ4n) is 2.38. The maximum Gasteiger partial charge on any atom is 0.257 e. The lowest BCUT2D eigenvalue weighted by Crippen LogP contribution is -2.50. The molecule has 7 nitrogen and oxygen atoms in total. The van der Waals surface area contributed by atoms with E-state index in [4.69, 9.17) is 15.4 Å². The van der Waals surface area contributed by atoms with E-state index < -0.39 is 0 Å². The number of carbonyl (C=O) groups excluding carboxylic acids is 1. The number of amides is 1. The summed E-state index contributed by atoms with van der Waals surface area (Å²) in [5.74, 6) is 1.59. The van der Waals surface area contributed by atoms with Crippen molar-refractivity contribution in [3.63, 3.8) is 0 Å². The molecule has 1 amide bonds. The van der Waals surface area contributed by atoms with Crippen molar-refractivity contribution in [3.05, 3.63) is 23.2 Å². The Balaban J connectivity index is 1.94. The normalized spacial score (nSPS) is 17.5. The summed E-state index contributed by atoms with van der Waals surface area (Å²) in [7, 11) is 0. The standard InChI is InChI=1S/C13H20N4O3/c1-9-7-11(10(2)20-9)13(18)17-5-3-16(4-6-17)8-12(14)15-19/h7,19H,3-6,8H2,1-2H3,(H2,14,15). The monoisotopic (exact) mass is 280 g/mol. The lowest BCUT2D eigenvalue weighted by atomic mass is 10.2. The topological polar surface area (TPSA) is 95.3 Å². The summed E-state index contributed by atoms with van der Waals surface area (Å²) >= 11 is 0. The highest BCUT2D eigenvalue weighted by Gasteiger charge is 2.24. The first-order valence-electron chi connectivity index (χ1n) is 6.56. The molecule has 1 aromatic rings. The number of carbonyl (C=O) groups is 1. The number of piperazine rings is 1. The van der Waals surface area contributed by atoms with Gasteiger partial charge in [0.1, 0.15) is 11.5 Å². The molecule has 1 aliphatic heterocycles. The van der Waals surface area contributed by atoms with Crippen molar-refractivity contribution in [1.82, 2.24) is 9.80 Å². The first-order valence-corrected chi connectivity index (χ1v) is 6.56. The minimum Gasteiger partial charge on any atom is -0.466 e. The lowest BCUT2D eigenvalue weighted by Gasteiger charge is -2.34. The highest BCUT2D eigenvalue weighted by atomic mass is 16.4. The van der Waals surface area contributed by atoms with Crippen molar-refractivity contribution in [2.24, 2.45) is 10.9 Å². The van der Waals surface area contributed by atoms with Crippen LogP contribution in [0.3, 0.4) is 0 Å². The molecule has 110 valence electrons. The maximum absolute atomic E-state index is 12.4. The second-order valence-electron chi connectivity index (χ2n) is 4.99. The van der Waals surface area contributed by atoms with E-state index in [0.29, 0.717) is 44.0 Å². The van der Waals surface area contributed by atoms with E-state index in [1.807, 2.05) is 11.8 Å². The van der Waals surface area contributed by atoms with Crippen LogP contribution in [0.15, 0.2) is 15.6 Å². The predicted molar refractivity (Wildman–Crippen MR) is 73.9 cm³/mol. The molecular weight excluding hydrogens is 260 g/mol. The molecule has 1 aliphatic rings. The summed E-state index contributed by atoms with van der Waals surface area (Å²) < 4.78 is 5.40. The molecule has 0 bridgehead atoms. The molecule has 0 unspecified atom stereocenters. The Hall–Kier alpha value is -2.02. The molecule has 1 fully saturated rings. The van der Waals surface area contributed by atoms with E-state index in [-0.39, 0.29) is 11.7 Å². The second kappa shape index (κ2) is 5.96. The van der Waals surface area contributed by atoms with Crippen LogP contribution in [-0.4, -0.2) is 59.5 Å². The smallest absolute Gasteiger partial charge is 0.257 e. The zero-order chi connectivity index (χ0) is 14.7. The van der Waals surface area contributed by atoms with Gasteiger partial charge in [0.15, 0.2) is 5.84 Å². The minimum absolute atomic E-state index is 0.00259. The van der Waals surface area contributed by atoms with E-state index in [1.54, 1.807) is 17.9 Å². The van der Waals surface area contributed by atoms with Crippen molar-refractivity contribution in [2.45, 2.75) is 13.8 Å². The third-order valence-electron chi connectivity index (χ3n) is 3.44. The first kappa shape index (κ1) is 14.4. The van der Waals surface area contributed by atoms with Gasteiger partial charge >= 0.3 is 0 Å². The molecule has 1 saturated heterocycles. The Labute approximate surface area is 117 Å². The van der Waals surface area contributed by atoms with Crippen LogP contribution in [0.5, 0.6) is 0 Å². The minimum atomic E-state index is 0.00259. The van der Waals surface area contributed by atoms with Crippen LogP contribution < -0.4 is 5.73 Å². The number of hydrogen-bond donors (Lipinski definition) is 2. The molecule has 0 spiro atoms. The van der Waals surface area contributed by atoms with Gasteiger partial charge in [-0.2, -0.15) is 0 Å². The van der Waals surface area contributed by atoms with Gasteiger partial charge < -0.3 is 20.3 Å². The number of nitrogens with two attached hydrogens (primary N) is 1. The first-order chi connectivity index (χ1) is 9.51. The van der Waals surface area contributed by atoms with E-state index in [9.17, 15) is 4.79 Å². The van der Waals surface area contributed by atoms with Crippen LogP contribution in [0, 0.1) is 13.8 Å². The molecular formula is C13H20N4O3. The fraction of sp³-hybridized carbons (Fsp3) is 0.538. The number of nitrogens with zero attached hydrogens (tertiary/aromatic N) is 3. The van der Waals surface area contributed by atoms with Gasteiger partial charge in [0.2, 0.25) is 0 Å². The van der Waals surface area contributed by atoms with Crippen LogP contribution in [0.2, 0.25) is 0 Å². The number of aryl methyl sites for hydroxylation is 2. The fourth-order valence-corrected chi connectivity index (χ4v) is 2.38. The highest BCUT2D eigenvalue weighted by Crippen LogP contribution is 2.17. The average molecular weight is 280 g/mol. The molecule has 0 saturated carbocycles. The zero-order valence-corrected chi connectivity index (χ0v) is 11.8. The van der Waals surface area contributed by atoms with Crippen molar-refractivity contribution in [3.8, 4) is 0 Å². The maximum atomic E-state index is 12.4. The summed E-state index contributed by atoms with van der Waals surface area (Å²) in [5.41, 5.74) is 6.11. The molecule has 0 atom stereocenters. The van der Waals surface area contributed by atoms with Crippen molar-refractivity contribution < 1.29 is 14.4 Å². The summed E-state index contributed by atoms with van der Waals surface area (Å²) in [4.78, 5) is 16.2. The van der Waals surface area contributed by atoms with E-state index in [0.717, 1.165) is 5.76 Å². The molecule has 3 N–H and O–H groups in total. The molecule has 1 aromatic heterocycles. The summed E-state index contributed by atoms with van der Waals surface area (Å²) in [6, 6.07) is 1.78. The number of furan rings is 1. The number of oxime groups is 1. The number of hydrogen-bond acceptors (Lipinski definition) is 5. The highest BCUT2D eigenvalue weighted by molar-refractivity contribution is 5.95. The SMILES string of the molecule is Cc1cc(C(=O)N2CCN(CC(N)=NO)CC2)c(C)o1. The van der Waals surface area contributed by atoms with Crippen LogP contribution >= 0.6 is 0 Å². The average Bonchev–Trinajstić information content (AvgIpc) is 2.77. The van der Waals surface area contributed by atoms with Crippen LogP contribution in [0.1, 0.15) is 21.9 Å². The van der Waals surface area contributed by atoms with Gasteiger partial charge in [0.25, 0.3) is 5.91 Å². The van der Waals surface area contributed by atoms with Gasteiger partial charge in [0.05, 0.1) is 12.1 Å². The Morgan fingerprint density at radius 3 is 2.55 bits per heavy atom. The quantitative estimate of drug-likeness (QED) is 0.362. The van der Waals surface area contributed by atoms with E-state index in [1.165, 1.54) is 0 Å². The van der Waals surface area contributed by atoms with Crippen LogP contribution in [-0.2, 0) is 0 Å². The Morgan fingerprint density at radius 2 is 2.05 bits per heavy atom. The van der Waals surface area contributed by atoms with Crippen LogP contribution in [0.25, 0.3) is 0 Å². The van der Waals surface area contributed by atoms with Crippen LogP contribution in [0.4, 0.5) is 0 Å². The molecule has 2 heterocycles. The number of rotatable bonds is 3. The van der Waals surface area contributed by atoms with Crippen molar-refractivity contribution >= 4 is 11.7 Å². The number of amidine groups is 1. The van der Waals surface area contributed by atoms with Gasteiger partial charge in [-0.05, 0) is 19.9 Å². The molecule has 2 rings (SSSR count). The van der Waals surface area contributed by atoms with Gasteiger partial charge in [-0.3, -0.25) is 9.69 Å². The Morgan fingerprint density at radius 1 is 1.40 bits per heavy atom. The zero-order valence-electron chi connectivity index (χ0n) is 11.8. The summed E-state index contributed by atoms with van der Waals surface area (Å²) in [5, 5.41) is 11.5. The molecule has 0 aliphatic carbocycles. The van der Waals surface area contributed by atoms with E-state index in [2.05, 4.69) is 5.16 Å². The van der Waals surface area contributed by atoms with Gasteiger partial charge in [0, 0.05) is 26.2 Å². The van der Waals surface area contributed by atoms with Gasteiger partial charge in [-0.15, -0.1) is 0 Å². The second-order valence-corrected chi connectivity index (χ2v) is 4.99. The molecule has 20 heavy (non-hydrogen) atoms. The van der Waals surface area contributed by atoms with Gasteiger partial charge in [-0.25, -0.2) is 0 Å². The third kappa shape index (κ3) is 3.11. The van der Waals surface area contributed by atoms with E-state index >= 15 is 0 Å². The molecule has 7 heteroatoms. The predicted octanol–water partition coefficient (Wildman–Crippen LogP) is 0.401. The largest absolute Gasteiger partial charge is 0.466 e. The summed E-state index contributed by atoms with van der Waals surface area (Å²) in [6.45, 7) is 6.72. The third-order valence-corrected chi connectivity index (χ3v) is 3.44. The molecule has 0 aromatic carbocycles. The van der Waals surface area contributed by atoms with Gasteiger partial charge in [-0.1, -0.05) is 5.16 Å². The summed E-state index contributed by atoms with van der Waals surface area (Å²) in [6.07, 6.45) is 0. The van der Waals surface area contributed by atoms with Crippen molar-refractivity contribution in [2.75, 3.05) is 32.7 Å². The Kier molecular flexibility index (Phi) is 4.29. The van der Waals surface area contributed by atoms with Crippen molar-refractivity contribution in [1.29, 1.82) is 0 Å². The lowest BCUT2D eigenvalue weighted by molar-refractivity contribution is 0.0651.